The van der Waals surface area contributed by atoms with Crippen molar-refractivity contribution < 1.29 is 43.2 Å². The van der Waals surface area contributed by atoms with Gasteiger partial charge in [-0.15, -0.1) is 0 Å². The molecule has 6 rings (SSSR count). The molecule has 47 heavy (non-hydrogen) atoms. The zero-order valence-electron chi connectivity index (χ0n) is 27.6. The van der Waals surface area contributed by atoms with E-state index in [0.29, 0.717) is 39.5 Å². The SMILES string of the molecule is CC1(C)COC(=O)NC(C(C)(C)C)C(=O)N2C[C@@H](CC2C(=O)O)Oc2nc3ccc4c(c3nc2-c2cccc(c2)OC1)OC(C)(C)O4. The molecule has 1 aromatic heterocycles. The summed E-state index contributed by atoms with van der Waals surface area (Å²) >= 11 is 0. The van der Waals surface area contributed by atoms with Crippen LogP contribution in [0.15, 0.2) is 36.4 Å². The van der Waals surface area contributed by atoms with Crippen molar-refractivity contribution in [3.8, 4) is 34.4 Å². The number of carboxylic acid groups (broad SMARTS) is 1. The van der Waals surface area contributed by atoms with Crippen LogP contribution in [0.4, 0.5) is 4.79 Å². The highest BCUT2D eigenvalue weighted by Gasteiger charge is 2.46. The first-order chi connectivity index (χ1) is 22.0. The fourth-order valence-electron chi connectivity index (χ4n) is 5.85. The number of carbonyl (C=O) groups is 3. The number of amides is 2. The van der Waals surface area contributed by atoms with Gasteiger partial charge in [-0.2, -0.15) is 0 Å². The molecule has 2 N–H and O–H groups in total. The van der Waals surface area contributed by atoms with E-state index < -0.39 is 52.8 Å². The second-order valence-corrected chi connectivity index (χ2v) is 14.6. The van der Waals surface area contributed by atoms with Crippen LogP contribution in [0.25, 0.3) is 22.3 Å². The van der Waals surface area contributed by atoms with Crippen LogP contribution in [0, 0.1) is 10.8 Å². The molecule has 3 aromatic rings. The Morgan fingerprint density at radius 3 is 2.49 bits per heavy atom. The highest BCUT2D eigenvalue weighted by molar-refractivity contribution is 5.91. The fraction of sp³-hybridized carbons (Fsp3) is 0.500. The molecule has 1 fully saturated rings. The third kappa shape index (κ3) is 6.56. The number of aromatic nitrogens is 2. The van der Waals surface area contributed by atoms with Crippen molar-refractivity contribution in [1.29, 1.82) is 0 Å². The lowest BCUT2D eigenvalue weighted by Gasteiger charge is -2.34. The quantitative estimate of drug-likeness (QED) is 0.373. The summed E-state index contributed by atoms with van der Waals surface area (Å²) in [5.74, 6) is -0.932. The fourth-order valence-corrected chi connectivity index (χ4v) is 5.85. The van der Waals surface area contributed by atoms with Gasteiger partial charge in [0.15, 0.2) is 11.5 Å². The van der Waals surface area contributed by atoms with Gasteiger partial charge in [-0.25, -0.2) is 19.6 Å². The molecular weight excluding hydrogens is 608 g/mol. The standard InChI is InChI=1S/C34H40N4O9/c1-32(2,3)27-29(39)38-15-20(14-22(38)30(40)41)45-28-24(36-25-21(35-28)11-12-23-26(25)47-34(6,7)46-23)18-9-8-10-19(13-18)43-16-33(4,5)17-44-31(42)37-27/h8-13,20,22,27H,14-17H2,1-7H3,(H,37,42)(H,40,41)/t20-,22?,27?/m1/s1. The number of carbonyl (C=O) groups excluding carboxylic acids is 2. The Bertz CT molecular complexity index is 1750. The number of ether oxygens (including phenoxy) is 5. The van der Waals surface area contributed by atoms with E-state index in [2.05, 4.69) is 5.32 Å². The predicted molar refractivity (Wildman–Crippen MR) is 169 cm³/mol. The van der Waals surface area contributed by atoms with Gasteiger partial charge >= 0.3 is 12.1 Å². The number of hydrogen-bond donors (Lipinski definition) is 2. The zero-order valence-corrected chi connectivity index (χ0v) is 27.6. The molecule has 0 radical (unpaired) electrons. The lowest BCUT2D eigenvalue weighted by atomic mass is 9.85. The number of nitrogens with zero attached hydrogens (tertiary/aromatic N) is 3. The summed E-state index contributed by atoms with van der Waals surface area (Å²) in [5, 5.41) is 12.9. The molecule has 4 bridgehead atoms. The molecule has 3 aliphatic rings. The topological polar surface area (TPSA) is 159 Å². The molecule has 3 atom stereocenters. The maximum atomic E-state index is 14.0. The number of alkyl carbamates (subject to hydrolysis) is 1. The molecule has 3 aliphatic heterocycles. The molecule has 250 valence electrons. The lowest BCUT2D eigenvalue weighted by molar-refractivity contribution is -0.150. The monoisotopic (exact) mass is 648 g/mol. The number of cyclic esters (lactones) is 1. The second kappa shape index (κ2) is 11.5. The van der Waals surface area contributed by atoms with E-state index in [-0.39, 0.29) is 32.1 Å². The van der Waals surface area contributed by atoms with Gasteiger partial charge in [0.1, 0.15) is 41.8 Å². The van der Waals surface area contributed by atoms with E-state index in [1.807, 2.05) is 32.0 Å². The van der Waals surface area contributed by atoms with Crippen molar-refractivity contribution in [3.05, 3.63) is 36.4 Å². The summed E-state index contributed by atoms with van der Waals surface area (Å²) < 4.78 is 30.2. The Morgan fingerprint density at radius 2 is 1.77 bits per heavy atom. The third-order valence-corrected chi connectivity index (χ3v) is 8.24. The predicted octanol–water partition coefficient (Wildman–Crippen LogP) is 4.80. The maximum Gasteiger partial charge on any atom is 0.407 e. The van der Waals surface area contributed by atoms with Crippen LogP contribution in [0.2, 0.25) is 0 Å². The second-order valence-electron chi connectivity index (χ2n) is 14.6. The minimum atomic E-state index is -1.19. The first-order valence-electron chi connectivity index (χ1n) is 15.6. The van der Waals surface area contributed by atoms with Gasteiger partial charge in [-0.05, 0) is 29.7 Å². The molecule has 2 unspecified atom stereocenters. The van der Waals surface area contributed by atoms with Gasteiger partial charge in [0.05, 0.1) is 18.7 Å². The molecule has 13 nitrogen and oxygen atoms in total. The van der Waals surface area contributed by atoms with E-state index in [1.54, 1.807) is 52.8 Å². The van der Waals surface area contributed by atoms with Gasteiger partial charge < -0.3 is 39.0 Å². The van der Waals surface area contributed by atoms with Crippen molar-refractivity contribution in [1.82, 2.24) is 20.2 Å². The van der Waals surface area contributed by atoms with E-state index >= 15 is 0 Å². The van der Waals surface area contributed by atoms with Gasteiger partial charge in [-0.1, -0.05) is 46.8 Å². The Kier molecular flexibility index (Phi) is 7.84. The van der Waals surface area contributed by atoms with Gasteiger partial charge in [-0.3, -0.25) is 4.79 Å². The molecule has 2 amide bonds. The van der Waals surface area contributed by atoms with E-state index in [9.17, 15) is 19.5 Å². The Hall–Kier alpha value is -4.81. The van der Waals surface area contributed by atoms with Gasteiger partial charge in [0.2, 0.25) is 17.6 Å². The summed E-state index contributed by atoms with van der Waals surface area (Å²) in [7, 11) is 0. The molecule has 0 saturated carbocycles. The summed E-state index contributed by atoms with van der Waals surface area (Å²) in [6.45, 7) is 12.9. The third-order valence-electron chi connectivity index (χ3n) is 8.24. The number of carboxylic acids is 1. The van der Waals surface area contributed by atoms with Crippen molar-refractivity contribution in [2.75, 3.05) is 19.8 Å². The van der Waals surface area contributed by atoms with Crippen LogP contribution in [-0.2, 0) is 14.3 Å². The van der Waals surface area contributed by atoms with Crippen LogP contribution in [-0.4, -0.2) is 81.7 Å². The Labute approximate surface area is 272 Å². The highest BCUT2D eigenvalue weighted by Crippen LogP contribution is 2.45. The molecule has 2 aromatic carbocycles. The van der Waals surface area contributed by atoms with Crippen LogP contribution in [0.1, 0.15) is 54.9 Å². The number of benzene rings is 2. The normalized spacial score (nSPS) is 23.8. The summed E-state index contributed by atoms with van der Waals surface area (Å²) in [4.78, 5) is 50.5. The first kappa shape index (κ1) is 32.1. The number of fused-ring (bicyclic) bond motifs is 9. The van der Waals surface area contributed by atoms with Crippen molar-refractivity contribution in [2.24, 2.45) is 10.8 Å². The average Bonchev–Trinajstić information content (AvgIpc) is 3.56. The number of rotatable bonds is 1. The van der Waals surface area contributed by atoms with Crippen LogP contribution in [0.3, 0.4) is 0 Å². The summed E-state index contributed by atoms with van der Waals surface area (Å²) in [6.07, 6.45) is -1.53. The zero-order chi connectivity index (χ0) is 33.9. The highest BCUT2D eigenvalue weighted by atomic mass is 16.7. The van der Waals surface area contributed by atoms with Crippen LogP contribution >= 0.6 is 0 Å². The van der Waals surface area contributed by atoms with Crippen molar-refractivity contribution in [2.45, 2.75) is 78.9 Å². The van der Waals surface area contributed by atoms with E-state index in [1.165, 1.54) is 4.90 Å². The van der Waals surface area contributed by atoms with E-state index in [4.69, 9.17) is 33.7 Å². The van der Waals surface area contributed by atoms with E-state index in [0.717, 1.165) is 0 Å². The molecule has 1 saturated heterocycles. The lowest BCUT2D eigenvalue weighted by Crippen LogP contribution is -2.57. The Balaban J connectivity index is 1.47. The van der Waals surface area contributed by atoms with Gasteiger partial charge in [0.25, 0.3) is 0 Å². The minimum Gasteiger partial charge on any atom is -0.493 e. The molecule has 0 aliphatic carbocycles. The Morgan fingerprint density at radius 1 is 1.02 bits per heavy atom. The number of aliphatic carboxylic acids is 1. The number of hydrogen-bond acceptors (Lipinski definition) is 10. The van der Waals surface area contributed by atoms with Crippen LogP contribution in [0.5, 0.6) is 23.1 Å². The minimum absolute atomic E-state index is 0.00475. The summed E-state index contributed by atoms with van der Waals surface area (Å²) in [6, 6.07) is 8.52. The van der Waals surface area contributed by atoms with Crippen molar-refractivity contribution >= 4 is 29.0 Å². The maximum absolute atomic E-state index is 14.0. The number of nitrogens with one attached hydrogen (secondary N) is 1. The summed E-state index contributed by atoms with van der Waals surface area (Å²) in [5.41, 5.74) is 0.598. The largest absolute Gasteiger partial charge is 0.493 e. The van der Waals surface area contributed by atoms with Crippen LogP contribution < -0.4 is 24.3 Å². The smallest absolute Gasteiger partial charge is 0.407 e. The molecule has 0 spiro atoms. The van der Waals surface area contributed by atoms with Crippen molar-refractivity contribution in [3.63, 3.8) is 0 Å². The molecule has 4 heterocycles. The molecular formula is C34H40N4O9. The molecule has 13 heteroatoms. The van der Waals surface area contributed by atoms with Gasteiger partial charge in [0, 0.05) is 31.2 Å². The average molecular weight is 649 g/mol. The first-order valence-corrected chi connectivity index (χ1v) is 15.6.